The Balaban J connectivity index is 2.40. The van der Waals surface area contributed by atoms with Crippen LogP contribution < -0.4 is 5.32 Å². The molecule has 0 atom stereocenters. The molecule has 0 aliphatic rings. The number of ether oxygens (including phenoxy) is 1. The van der Waals surface area contributed by atoms with Crippen LogP contribution in [0.3, 0.4) is 0 Å². The van der Waals surface area contributed by atoms with Crippen LogP contribution in [0.2, 0.25) is 0 Å². The molecule has 1 aromatic rings. The highest BCUT2D eigenvalue weighted by Crippen LogP contribution is 2.16. The number of rotatable bonds is 7. The third-order valence-electron chi connectivity index (χ3n) is 2.59. The fourth-order valence-corrected chi connectivity index (χ4v) is 1.71. The Morgan fingerprint density at radius 1 is 1.25 bits per heavy atom. The van der Waals surface area contributed by atoms with Gasteiger partial charge in [0.1, 0.15) is 0 Å². The van der Waals surface area contributed by atoms with Crippen molar-refractivity contribution in [3.63, 3.8) is 0 Å². The number of hydrogen-bond acceptors (Lipinski definition) is 2. The van der Waals surface area contributed by atoms with E-state index in [2.05, 4.69) is 37.4 Å². The van der Waals surface area contributed by atoms with Gasteiger partial charge in [-0.1, -0.05) is 32.0 Å². The zero-order chi connectivity index (χ0) is 11.8. The molecule has 0 aliphatic heterocycles. The molecule has 1 N–H and O–H groups in total. The van der Waals surface area contributed by atoms with Crippen molar-refractivity contribution in [3.8, 4) is 0 Å². The highest BCUT2D eigenvalue weighted by molar-refractivity contribution is 5.50. The molecule has 2 heteroatoms. The molecule has 1 rings (SSSR count). The van der Waals surface area contributed by atoms with Crippen LogP contribution in [-0.4, -0.2) is 13.7 Å². The SMILES string of the molecule is COCc1ccccc1NCCCC(C)C. The van der Waals surface area contributed by atoms with E-state index in [1.54, 1.807) is 7.11 Å². The minimum Gasteiger partial charge on any atom is -0.385 e. The lowest BCUT2D eigenvalue weighted by Gasteiger charge is -2.12. The Kier molecular flexibility index (Phi) is 5.94. The van der Waals surface area contributed by atoms with E-state index in [0.717, 1.165) is 12.5 Å². The van der Waals surface area contributed by atoms with Crippen LogP contribution in [0.1, 0.15) is 32.3 Å². The van der Waals surface area contributed by atoms with Crippen LogP contribution in [0, 0.1) is 5.92 Å². The topological polar surface area (TPSA) is 21.3 Å². The van der Waals surface area contributed by atoms with Crippen molar-refractivity contribution in [3.05, 3.63) is 29.8 Å². The number of para-hydroxylation sites is 1. The van der Waals surface area contributed by atoms with Crippen LogP contribution in [-0.2, 0) is 11.3 Å². The molecule has 0 unspecified atom stereocenters. The van der Waals surface area contributed by atoms with Gasteiger partial charge in [-0.3, -0.25) is 0 Å². The van der Waals surface area contributed by atoms with E-state index in [4.69, 9.17) is 4.74 Å². The summed E-state index contributed by atoms with van der Waals surface area (Å²) >= 11 is 0. The average Bonchev–Trinajstić information content (AvgIpc) is 2.26. The first-order chi connectivity index (χ1) is 7.74. The molecule has 2 nitrogen and oxygen atoms in total. The Bertz CT molecular complexity index is 297. The third kappa shape index (κ3) is 4.67. The minimum atomic E-state index is 0.674. The summed E-state index contributed by atoms with van der Waals surface area (Å²) < 4.78 is 5.17. The van der Waals surface area contributed by atoms with Crippen molar-refractivity contribution in [2.75, 3.05) is 19.0 Å². The van der Waals surface area contributed by atoms with Crippen molar-refractivity contribution >= 4 is 5.69 Å². The summed E-state index contributed by atoms with van der Waals surface area (Å²) in [5.41, 5.74) is 2.43. The second-order valence-electron chi connectivity index (χ2n) is 4.55. The third-order valence-corrected chi connectivity index (χ3v) is 2.59. The fourth-order valence-electron chi connectivity index (χ4n) is 1.71. The summed E-state index contributed by atoms with van der Waals surface area (Å²) in [6.07, 6.45) is 2.50. The van der Waals surface area contributed by atoms with Gasteiger partial charge in [0.05, 0.1) is 6.61 Å². The van der Waals surface area contributed by atoms with Gasteiger partial charge in [-0.2, -0.15) is 0 Å². The van der Waals surface area contributed by atoms with Crippen molar-refractivity contribution in [2.24, 2.45) is 5.92 Å². The predicted molar refractivity (Wildman–Crippen MR) is 69.7 cm³/mol. The van der Waals surface area contributed by atoms with Gasteiger partial charge >= 0.3 is 0 Å². The van der Waals surface area contributed by atoms with Gasteiger partial charge in [0.25, 0.3) is 0 Å². The van der Waals surface area contributed by atoms with E-state index >= 15 is 0 Å². The maximum absolute atomic E-state index is 5.17. The predicted octanol–water partition coefficient (Wildman–Crippen LogP) is 3.68. The van der Waals surface area contributed by atoms with Gasteiger partial charge in [0.2, 0.25) is 0 Å². The second-order valence-corrected chi connectivity index (χ2v) is 4.55. The largest absolute Gasteiger partial charge is 0.385 e. The molecule has 0 fully saturated rings. The first kappa shape index (κ1) is 13.0. The Labute approximate surface area is 99.0 Å². The molecule has 0 radical (unpaired) electrons. The van der Waals surface area contributed by atoms with E-state index in [9.17, 15) is 0 Å². The zero-order valence-electron chi connectivity index (χ0n) is 10.6. The zero-order valence-corrected chi connectivity index (χ0v) is 10.6. The Hall–Kier alpha value is -1.02. The maximum atomic E-state index is 5.17. The summed E-state index contributed by atoms with van der Waals surface area (Å²) in [6, 6.07) is 8.33. The lowest BCUT2D eigenvalue weighted by molar-refractivity contribution is 0.185. The minimum absolute atomic E-state index is 0.674. The summed E-state index contributed by atoms with van der Waals surface area (Å²) in [7, 11) is 1.73. The Morgan fingerprint density at radius 3 is 2.69 bits per heavy atom. The van der Waals surface area contributed by atoms with E-state index in [1.165, 1.54) is 24.1 Å². The monoisotopic (exact) mass is 221 g/mol. The van der Waals surface area contributed by atoms with E-state index in [-0.39, 0.29) is 0 Å². The molecule has 0 heterocycles. The summed E-state index contributed by atoms with van der Waals surface area (Å²) in [5, 5.41) is 3.47. The van der Waals surface area contributed by atoms with Crippen LogP contribution in [0.25, 0.3) is 0 Å². The van der Waals surface area contributed by atoms with Gasteiger partial charge in [0.15, 0.2) is 0 Å². The van der Waals surface area contributed by atoms with E-state index in [0.29, 0.717) is 6.61 Å². The van der Waals surface area contributed by atoms with Gasteiger partial charge in [-0.05, 0) is 24.8 Å². The van der Waals surface area contributed by atoms with Gasteiger partial charge in [0, 0.05) is 24.9 Å². The molecule has 0 saturated carbocycles. The number of nitrogens with one attached hydrogen (secondary N) is 1. The van der Waals surface area contributed by atoms with Gasteiger partial charge < -0.3 is 10.1 Å². The number of methoxy groups -OCH3 is 1. The number of benzene rings is 1. The first-order valence-corrected chi connectivity index (χ1v) is 6.04. The molecule has 0 amide bonds. The molecule has 0 saturated heterocycles. The van der Waals surface area contributed by atoms with E-state index in [1.807, 2.05) is 6.07 Å². The Morgan fingerprint density at radius 2 is 2.00 bits per heavy atom. The van der Waals surface area contributed by atoms with Crippen LogP contribution in [0.5, 0.6) is 0 Å². The lowest BCUT2D eigenvalue weighted by atomic mass is 10.1. The summed E-state index contributed by atoms with van der Waals surface area (Å²) in [6.45, 7) is 6.24. The highest BCUT2D eigenvalue weighted by Gasteiger charge is 2.00. The van der Waals surface area contributed by atoms with Gasteiger partial charge in [-0.25, -0.2) is 0 Å². The average molecular weight is 221 g/mol. The number of hydrogen-bond donors (Lipinski definition) is 1. The van der Waals surface area contributed by atoms with Gasteiger partial charge in [-0.15, -0.1) is 0 Å². The summed E-state index contributed by atoms with van der Waals surface area (Å²) in [5.74, 6) is 0.788. The second kappa shape index (κ2) is 7.29. The molecular formula is C14H23NO. The standard InChI is InChI=1S/C14H23NO/c1-12(2)7-6-10-15-14-9-5-4-8-13(14)11-16-3/h4-5,8-9,12,15H,6-7,10-11H2,1-3H3. The molecule has 1 aromatic carbocycles. The van der Waals surface area contributed by atoms with Crippen molar-refractivity contribution in [1.29, 1.82) is 0 Å². The molecule has 90 valence electrons. The van der Waals surface area contributed by atoms with Crippen molar-refractivity contribution in [1.82, 2.24) is 0 Å². The molecule has 16 heavy (non-hydrogen) atoms. The fraction of sp³-hybridized carbons (Fsp3) is 0.571. The maximum Gasteiger partial charge on any atom is 0.0733 e. The normalized spacial score (nSPS) is 10.8. The van der Waals surface area contributed by atoms with Crippen LogP contribution in [0.4, 0.5) is 5.69 Å². The smallest absolute Gasteiger partial charge is 0.0733 e. The molecule has 0 aliphatic carbocycles. The quantitative estimate of drug-likeness (QED) is 0.709. The highest BCUT2D eigenvalue weighted by atomic mass is 16.5. The van der Waals surface area contributed by atoms with Crippen LogP contribution in [0.15, 0.2) is 24.3 Å². The first-order valence-electron chi connectivity index (χ1n) is 6.04. The van der Waals surface area contributed by atoms with Crippen LogP contribution >= 0.6 is 0 Å². The molecule has 0 aromatic heterocycles. The lowest BCUT2D eigenvalue weighted by Crippen LogP contribution is -2.05. The van der Waals surface area contributed by atoms with Crippen molar-refractivity contribution < 1.29 is 4.74 Å². The number of anilines is 1. The van der Waals surface area contributed by atoms with Crippen molar-refractivity contribution in [2.45, 2.75) is 33.3 Å². The molecule has 0 spiro atoms. The molecule has 0 bridgehead atoms. The summed E-state index contributed by atoms with van der Waals surface area (Å²) in [4.78, 5) is 0. The molecular weight excluding hydrogens is 198 g/mol. The van der Waals surface area contributed by atoms with E-state index < -0.39 is 0 Å².